The highest BCUT2D eigenvalue weighted by Crippen LogP contribution is 2.39. The number of hydrogen-bond acceptors (Lipinski definition) is 4. The number of rotatable bonds is 8. The maximum atomic E-state index is 14.0. The van der Waals surface area contributed by atoms with Gasteiger partial charge in [-0.05, 0) is 73.2 Å². The van der Waals surface area contributed by atoms with E-state index in [0.717, 1.165) is 28.9 Å². The number of urea groups is 1. The fourth-order valence-corrected chi connectivity index (χ4v) is 6.27. The van der Waals surface area contributed by atoms with Crippen LogP contribution in [0.25, 0.3) is 0 Å². The predicted octanol–water partition coefficient (Wildman–Crippen LogP) is 5.59. The van der Waals surface area contributed by atoms with Gasteiger partial charge >= 0.3 is 6.03 Å². The summed E-state index contributed by atoms with van der Waals surface area (Å²) in [5.41, 5.74) is 2.90. The Balaban J connectivity index is 1.23. The van der Waals surface area contributed by atoms with Gasteiger partial charge in [0.2, 0.25) is 5.91 Å². The Morgan fingerprint density at radius 3 is 2.43 bits per heavy atom. The van der Waals surface area contributed by atoms with E-state index in [9.17, 15) is 14.4 Å². The van der Waals surface area contributed by atoms with Crippen LogP contribution in [-0.4, -0.2) is 66.0 Å². The van der Waals surface area contributed by atoms with E-state index in [0.29, 0.717) is 55.6 Å². The first-order chi connectivity index (χ1) is 20.3. The number of hydrogen-bond donors (Lipinski definition) is 2. The number of likely N-dealkylation sites (tertiary alicyclic amines) is 1. The van der Waals surface area contributed by atoms with E-state index in [1.54, 1.807) is 21.9 Å². The van der Waals surface area contributed by atoms with Crippen LogP contribution in [0.1, 0.15) is 30.9 Å². The zero-order valence-corrected chi connectivity index (χ0v) is 25.1. The number of halogens is 2. The lowest BCUT2D eigenvalue weighted by molar-refractivity contribution is -0.137. The summed E-state index contributed by atoms with van der Waals surface area (Å²) < 4.78 is 0. The number of nitrogens with one attached hydrogen (secondary N) is 2. The zero-order valence-electron chi connectivity index (χ0n) is 23.6. The third-order valence-electron chi connectivity index (χ3n) is 8.11. The van der Waals surface area contributed by atoms with E-state index in [-0.39, 0.29) is 24.4 Å². The maximum Gasteiger partial charge on any atom is 0.321 e. The van der Waals surface area contributed by atoms with Crippen LogP contribution in [0.4, 0.5) is 16.2 Å². The van der Waals surface area contributed by atoms with Crippen LogP contribution >= 0.6 is 23.2 Å². The minimum atomic E-state index is -0.822. The molecule has 0 bridgehead atoms. The van der Waals surface area contributed by atoms with E-state index in [4.69, 9.17) is 23.2 Å². The molecule has 2 saturated heterocycles. The van der Waals surface area contributed by atoms with Gasteiger partial charge in [-0.3, -0.25) is 9.59 Å². The van der Waals surface area contributed by atoms with Gasteiger partial charge in [-0.15, -0.1) is 0 Å². The molecule has 4 amide bonds. The SMILES string of the molecule is CCc1cccc(NC(=O)N2CCC3(CC2)C(=O)N(CC(=O)NCCc2ccc(Cl)cc2Cl)CN3c2ccccc2)c1. The van der Waals surface area contributed by atoms with E-state index in [1.807, 2.05) is 60.7 Å². The molecule has 0 atom stereocenters. The van der Waals surface area contributed by atoms with Crippen molar-refractivity contribution in [2.75, 3.05) is 43.1 Å². The molecule has 5 rings (SSSR count). The third kappa shape index (κ3) is 6.50. The predicted molar refractivity (Wildman–Crippen MR) is 167 cm³/mol. The number of carbonyl (C=O) groups is 3. The number of piperidine rings is 1. The summed E-state index contributed by atoms with van der Waals surface area (Å²) in [4.78, 5) is 45.4. The first-order valence-corrected chi connectivity index (χ1v) is 15.0. The molecule has 220 valence electrons. The highest BCUT2D eigenvalue weighted by atomic mass is 35.5. The molecule has 0 unspecified atom stereocenters. The summed E-state index contributed by atoms with van der Waals surface area (Å²) in [6, 6.07) is 22.7. The number of aryl methyl sites for hydroxylation is 1. The molecule has 0 saturated carbocycles. The second kappa shape index (κ2) is 13.0. The average Bonchev–Trinajstić information content (AvgIpc) is 3.25. The standard InChI is InChI=1S/C32H35Cl2N5O3/c1-2-23-7-6-8-26(19-23)36-31(42)37-17-14-32(15-18-37)30(41)38(22-39(32)27-9-4-3-5-10-27)21-29(40)35-16-13-24-11-12-25(33)20-28(24)34/h3-12,19-20H,2,13-18,21-22H2,1H3,(H,35,40)(H,36,42). The van der Waals surface area contributed by atoms with Crippen molar-refractivity contribution < 1.29 is 14.4 Å². The quantitative estimate of drug-likeness (QED) is 0.350. The highest BCUT2D eigenvalue weighted by Gasteiger charge is 2.54. The van der Waals surface area contributed by atoms with Crippen molar-refractivity contribution >= 4 is 52.4 Å². The minimum absolute atomic E-state index is 0.0454. The third-order valence-corrected chi connectivity index (χ3v) is 8.70. The van der Waals surface area contributed by atoms with Crippen LogP contribution in [0.3, 0.4) is 0 Å². The monoisotopic (exact) mass is 607 g/mol. The smallest absolute Gasteiger partial charge is 0.321 e. The van der Waals surface area contributed by atoms with Gasteiger partial charge in [-0.1, -0.05) is 66.5 Å². The Morgan fingerprint density at radius 2 is 1.71 bits per heavy atom. The van der Waals surface area contributed by atoms with Crippen molar-refractivity contribution in [3.05, 3.63) is 94.0 Å². The minimum Gasteiger partial charge on any atom is -0.354 e. The van der Waals surface area contributed by atoms with Gasteiger partial charge in [0.1, 0.15) is 12.1 Å². The molecule has 42 heavy (non-hydrogen) atoms. The van der Waals surface area contributed by atoms with Gasteiger partial charge in [0.25, 0.3) is 5.91 Å². The fraction of sp³-hybridized carbons (Fsp3) is 0.344. The van der Waals surface area contributed by atoms with Gasteiger partial charge in [-0.25, -0.2) is 4.79 Å². The number of para-hydroxylation sites is 1. The number of amides is 4. The maximum absolute atomic E-state index is 14.0. The molecule has 10 heteroatoms. The van der Waals surface area contributed by atoms with E-state index in [2.05, 4.69) is 22.5 Å². The summed E-state index contributed by atoms with van der Waals surface area (Å²) >= 11 is 12.2. The summed E-state index contributed by atoms with van der Waals surface area (Å²) in [6.07, 6.45) is 2.38. The highest BCUT2D eigenvalue weighted by molar-refractivity contribution is 6.35. The van der Waals surface area contributed by atoms with E-state index in [1.165, 1.54) is 0 Å². The molecule has 8 nitrogen and oxygen atoms in total. The number of anilines is 2. The van der Waals surface area contributed by atoms with Crippen molar-refractivity contribution in [2.24, 2.45) is 0 Å². The van der Waals surface area contributed by atoms with Crippen molar-refractivity contribution in [2.45, 2.75) is 38.1 Å². The first kappa shape index (κ1) is 29.7. The topological polar surface area (TPSA) is 85.0 Å². The Bertz CT molecular complexity index is 1440. The summed E-state index contributed by atoms with van der Waals surface area (Å²) in [5, 5.41) is 7.04. The molecule has 2 aliphatic rings. The second-order valence-corrected chi connectivity index (χ2v) is 11.6. The van der Waals surface area contributed by atoms with Gasteiger partial charge in [0.05, 0.1) is 6.67 Å². The molecule has 3 aromatic rings. The molecule has 0 aliphatic carbocycles. The normalized spacial score (nSPS) is 16.2. The Hall–Kier alpha value is -3.75. The Labute approximate surface area is 256 Å². The van der Waals surface area contributed by atoms with Crippen LogP contribution in [0.2, 0.25) is 10.0 Å². The molecule has 0 aromatic heterocycles. The largest absolute Gasteiger partial charge is 0.354 e. The van der Waals surface area contributed by atoms with Gasteiger partial charge < -0.3 is 25.3 Å². The lowest BCUT2D eigenvalue weighted by Crippen LogP contribution is -2.58. The molecule has 2 fully saturated rings. The van der Waals surface area contributed by atoms with Crippen LogP contribution in [0.5, 0.6) is 0 Å². The van der Waals surface area contributed by atoms with Crippen molar-refractivity contribution in [3.63, 3.8) is 0 Å². The van der Waals surface area contributed by atoms with Crippen LogP contribution in [0.15, 0.2) is 72.8 Å². The summed E-state index contributed by atoms with van der Waals surface area (Å²) in [6.45, 7) is 3.57. The number of carbonyl (C=O) groups excluding carboxylic acids is 3. The summed E-state index contributed by atoms with van der Waals surface area (Å²) in [7, 11) is 0. The number of benzene rings is 3. The fourth-order valence-electron chi connectivity index (χ4n) is 5.76. The van der Waals surface area contributed by atoms with Crippen molar-refractivity contribution in [1.82, 2.24) is 15.1 Å². The first-order valence-electron chi connectivity index (χ1n) is 14.3. The van der Waals surface area contributed by atoms with Crippen molar-refractivity contribution in [1.29, 1.82) is 0 Å². The van der Waals surface area contributed by atoms with E-state index >= 15 is 0 Å². The molecule has 1 spiro atoms. The molecule has 3 aromatic carbocycles. The average molecular weight is 609 g/mol. The molecular formula is C32H35Cl2N5O3. The van der Waals surface area contributed by atoms with Crippen LogP contribution in [-0.2, 0) is 22.4 Å². The Kier molecular flexibility index (Phi) is 9.24. The zero-order chi connectivity index (χ0) is 29.7. The molecule has 2 aliphatic heterocycles. The second-order valence-electron chi connectivity index (χ2n) is 10.7. The van der Waals surface area contributed by atoms with Crippen molar-refractivity contribution in [3.8, 4) is 0 Å². The van der Waals surface area contributed by atoms with Crippen LogP contribution < -0.4 is 15.5 Å². The molecular weight excluding hydrogens is 573 g/mol. The van der Waals surface area contributed by atoms with Crippen LogP contribution in [0, 0.1) is 0 Å². The van der Waals surface area contributed by atoms with E-state index < -0.39 is 5.54 Å². The van der Waals surface area contributed by atoms with Gasteiger partial charge in [0.15, 0.2) is 0 Å². The lowest BCUT2D eigenvalue weighted by atomic mass is 9.85. The molecule has 2 heterocycles. The summed E-state index contributed by atoms with van der Waals surface area (Å²) in [5.74, 6) is -0.317. The lowest BCUT2D eigenvalue weighted by Gasteiger charge is -2.43. The molecule has 2 N–H and O–H groups in total. The van der Waals surface area contributed by atoms with Gasteiger partial charge in [-0.2, -0.15) is 0 Å². The van der Waals surface area contributed by atoms with Gasteiger partial charge in [0, 0.05) is 41.1 Å². The molecule has 0 radical (unpaired) electrons. The Morgan fingerprint density at radius 1 is 0.952 bits per heavy atom. The number of nitrogens with zero attached hydrogens (tertiary/aromatic N) is 3.